The van der Waals surface area contributed by atoms with Crippen LogP contribution in [0, 0.1) is 5.41 Å². The van der Waals surface area contributed by atoms with E-state index in [-0.39, 0.29) is 5.91 Å². The molecule has 114 valence electrons. The number of aliphatic carboxylic acids is 1. The predicted molar refractivity (Wildman–Crippen MR) is 78.2 cm³/mol. The molecule has 0 heterocycles. The summed E-state index contributed by atoms with van der Waals surface area (Å²) < 4.78 is 5.15. The average molecular weight is 291 g/mol. The predicted octanol–water partition coefficient (Wildman–Crippen LogP) is 2.00. The second-order valence-corrected chi connectivity index (χ2v) is 5.45. The number of ether oxygens (including phenoxy) is 1. The minimum Gasteiger partial charge on any atom is -0.497 e. The Bertz CT molecular complexity index is 521. The van der Waals surface area contributed by atoms with Gasteiger partial charge in [0.1, 0.15) is 11.2 Å². The maximum Gasteiger partial charge on any atom is 0.319 e. The van der Waals surface area contributed by atoms with E-state index in [2.05, 4.69) is 5.32 Å². The Hall–Kier alpha value is -2.04. The van der Waals surface area contributed by atoms with Crippen molar-refractivity contribution < 1.29 is 19.4 Å². The molecule has 0 saturated heterocycles. The molecule has 21 heavy (non-hydrogen) atoms. The minimum absolute atomic E-state index is 0.351. The van der Waals surface area contributed by atoms with Gasteiger partial charge in [-0.15, -0.1) is 0 Å². The van der Waals surface area contributed by atoms with E-state index in [9.17, 15) is 14.7 Å². The zero-order valence-electron chi connectivity index (χ0n) is 12.2. The number of carboxylic acids is 1. The third kappa shape index (κ3) is 3.35. The van der Waals surface area contributed by atoms with E-state index in [1.165, 1.54) is 0 Å². The van der Waals surface area contributed by atoms with Crippen molar-refractivity contribution in [1.29, 1.82) is 0 Å². The summed E-state index contributed by atoms with van der Waals surface area (Å²) in [4.78, 5) is 23.6. The van der Waals surface area contributed by atoms with Crippen LogP contribution < -0.4 is 10.1 Å². The third-order valence-corrected chi connectivity index (χ3v) is 4.13. The van der Waals surface area contributed by atoms with Crippen LogP contribution in [-0.4, -0.2) is 30.6 Å². The summed E-state index contributed by atoms with van der Waals surface area (Å²) in [5.41, 5.74) is -0.167. The van der Waals surface area contributed by atoms with Crippen LogP contribution in [0.4, 0.5) is 0 Å². The number of methoxy groups -OCH3 is 1. The molecule has 0 bridgehead atoms. The van der Waals surface area contributed by atoms with E-state index >= 15 is 0 Å². The molecule has 5 nitrogen and oxygen atoms in total. The lowest BCUT2D eigenvalue weighted by molar-refractivity contribution is -0.155. The molecule has 1 aliphatic rings. The summed E-state index contributed by atoms with van der Waals surface area (Å²) in [6.45, 7) is 0.432. The lowest BCUT2D eigenvalue weighted by Crippen LogP contribution is -2.45. The molecule has 2 rings (SSSR count). The molecule has 0 aromatic heterocycles. The molecule has 1 aliphatic carbocycles. The normalized spacial score (nSPS) is 16.4. The van der Waals surface area contributed by atoms with E-state index in [0.29, 0.717) is 25.8 Å². The fraction of sp³-hybridized carbons (Fsp3) is 0.500. The third-order valence-electron chi connectivity index (χ3n) is 4.13. The fourth-order valence-electron chi connectivity index (χ4n) is 2.83. The second kappa shape index (κ2) is 6.61. The highest BCUT2D eigenvalue weighted by molar-refractivity contribution is 6.02. The topological polar surface area (TPSA) is 75.6 Å². The molecule has 0 aliphatic heterocycles. The van der Waals surface area contributed by atoms with Crippen molar-refractivity contribution in [2.45, 2.75) is 32.1 Å². The Balaban J connectivity index is 1.90. The molecule has 0 radical (unpaired) electrons. The highest BCUT2D eigenvalue weighted by atomic mass is 16.5. The van der Waals surface area contributed by atoms with Crippen molar-refractivity contribution in [2.75, 3.05) is 13.7 Å². The van der Waals surface area contributed by atoms with Crippen molar-refractivity contribution in [3.8, 4) is 5.75 Å². The van der Waals surface area contributed by atoms with E-state index in [1.54, 1.807) is 7.11 Å². The first-order valence-corrected chi connectivity index (χ1v) is 7.23. The zero-order valence-corrected chi connectivity index (χ0v) is 12.2. The highest BCUT2D eigenvalue weighted by Gasteiger charge is 2.47. The number of nitrogens with one attached hydrogen (secondary N) is 1. The van der Waals surface area contributed by atoms with Gasteiger partial charge < -0.3 is 15.2 Å². The van der Waals surface area contributed by atoms with E-state index < -0.39 is 11.4 Å². The number of carboxylic acid groups (broad SMARTS) is 1. The Morgan fingerprint density at radius 1 is 1.33 bits per heavy atom. The maximum atomic E-state index is 12.2. The number of amides is 1. The fourth-order valence-corrected chi connectivity index (χ4v) is 2.83. The van der Waals surface area contributed by atoms with Crippen molar-refractivity contribution in [1.82, 2.24) is 5.32 Å². The summed E-state index contributed by atoms with van der Waals surface area (Å²) in [5, 5.41) is 12.1. The first kappa shape index (κ1) is 15.4. The van der Waals surface area contributed by atoms with Gasteiger partial charge in [0.2, 0.25) is 5.91 Å². The number of hydrogen-bond acceptors (Lipinski definition) is 3. The van der Waals surface area contributed by atoms with Crippen molar-refractivity contribution >= 4 is 11.9 Å². The van der Waals surface area contributed by atoms with Gasteiger partial charge in [-0.1, -0.05) is 25.0 Å². The summed E-state index contributed by atoms with van der Waals surface area (Å²) in [6, 6.07) is 7.62. The molecular formula is C16H21NO4. The minimum atomic E-state index is -1.21. The first-order valence-electron chi connectivity index (χ1n) is 7.23. The van der Waals surface area contributed by atoms with Crippen LogP contribution in [-0.2, 0) is 16.0 Å². The smallest absolute Gasteiger partial charge is 0.319 e. The van der Waals surface area contributed by atoms with Gasteiger partial charge in [0.05, 0.1) is 7.11 Å². The van der Waals surface area contributed by atoms with Crippen LogP contribution in [0.1, 0.15) is 31.2 Å². The Morgan fingerprint density at radius 2 is 2.05 bits per heavy atom. The average Bonchev–Trinajstić information content (AvgIpc) is 2.98. The van der Waals surface area contributed by atoms with E-state index in [0.717, 1.165) is 24.2 Å². The van der Waals surface area contributed by atoms with Crippen LogP contribution in [0.2, 0.25) is 0 Å². The van der Waals surface area contributed by atoms with Gasteiger partial charge in [-0.2, -0.15) is 0 Å². The molecular weight excluding hydrogens is 270 g/mol. The highest BCUT2D eigenvalue weighted by Crippen LogP contribution is 2.38. The summed E-state index contributed by atoms with van der Waals surface area (Å²) in [7, 11) is 1.61. The molecule has 0 spiro atoms. The summed E-state index contributed by atoms with van der Waals surface area (Å²) in [6.07, 6.45) is 3.13. The van der Waals surface area contributed by atoms with E-state index in [4.69, 9.17) is 4.74 Å². The van der Waals surface area contributed by atoms with Gasteiger partial charge in [-0.05, 0) is 37.0 Å². The van der Waals surface area contributed by atoms with E-state index in [1.807, 2.05) is 24.3 Å². The largest absolute Gasteiger partial charge is 0.497 e. The number of carbonyl (C=O) groups excluding carboxylic acids is 1. The zero-order chi connectivity index (χ0) is 15.3. The van der Waals surface area contributed by atoms with Crippen molar-refractivity contribution in [2.24, 2.45) is 5.41 Å². The Labute approximate surface area is 124 Å². The van der Waals surface area contributed by atoms with Gasteiger partial charge in [-0.25, -0.2) is 0 Å². The lowest BCUT2D eigenvalue weighted by Gasteiger charge is -2.22. The quantitative estimate of drug-likeness (QED) is 0.786. The van der Waals surface area contributed by atoms with Gasteiger partial charge in [0.25, 0.3) is 0 Å². The van der Waals surface area contributed by atoms with Gasteiger partial charge in [-0.3, -0.25) is 9.59 Å². The number of benzene rings is 1. The lowest BCUT2D eigenvalue weighted by atomic mass is 9.85. The van der Waals surface area contributed by atoms with Crippen LogP contribution in [0.25, 0.3) is 0 Å². The molecule has 1 aromatic carbocycles. The van der Waals surface area contributed by atoms with Crippen LogP contribution in [0.3, 0.4) is 0 Å². The monoisotopic (exact) mass is 291 g/mol. The summed E-state index contributed by atoms with van der Waals surface area (Å²) >= 11 is 0. The number of hydrogen-bond donors (Lipinski definition) is 2. The molecule has 1 fully saturated rings. The Kier molecular flexibility index (Phi) is 4.83. The van der Waals surface area contributed by atoms with Gasteiger partial charge >= 0.3 is 5.97 Å². The second-order valence-electron chi connectivity index (χ2n) is 5.45. The summed E-state index contributed by atoms with van der Waals surface area (Å²) in [5.74, 6) is -0.578. The molecule has 1 saturated carbocycles. The Morgan fingerprint density at radius 3 is 2.67 bits per heavy atom. The SMILES string of the molecule is COc1cccc(CCNC(=O)C2(C(=O)O)CCCC2)c1. The van der Waals surface area contributed by atoms with Crippen LogP contribution >= 0.6 is 0 Å². The molecule has 0 atom stereocenters. The first-order chi connectivity index (χ1) is 10.1. The molecule has 2 N–H and O–H groups in total. The standard InChI is InChI=1S/C16H21NO4/c1-21-13-6-4-5-12(11-13)7-10-17-14(18)16(15(19)20)8-2-3-9-16/h4-6,11H,2-3,7-10H2,1H3,(H,17,18)(H,19,20). The van der Waals surface area contributed by atoms with Crippen LogP contribution in [0.15, 0.2) is 24.3 Å². The molecule has 1 aromatic rings. The molecule has 0 unspecified atom stereocenters. The molecule has 5 heteroatoms. The van der Waals surface area contributed by atoms with Crippen molar-refractivity contribution in [3.63, 3.8) is 0 Å². The van der Waals surface area contributed by atoms with Gasteiger partial charge in [0.15, 0.2) is 0 Å². The number of rotatable bonds is 6. The number of carbonyl (C=O) groups is 2. The molecule has 1 amide bonds. The van der Waals surface area contributed by atoms with Gasteiger partial charge in [0, 0.05) is 6.54 Å². The van der Waals surface area contributed by atoms with Crippen molar-refractivity contribution in [3.05, 3.63) is 29.8 Å². The maximum absolute atomic E-state index is 12.2. The van der Waals surface area contributed by atoms with Crippen LogP contribution in [0.5, 0.6) is 5.75 Å².